The highest BCUT2D eigenvalue weighted by molar-refractivity contribution is 6.08. The molecule has 0 spiro atoms. The summed E-state index contributed by atoms with van der Waals surface area (Å²) in [4.78, 5) is 25.7. The van der Waals surface area contributed by atoms with Crippen LogP contribution in [0, 0.1) is 29.9 Å². The summed E-state index contributed by atoms with van der Waals surface area (Å²) in [7, 11) is 0. The number of aryl methyl sites for hydroxylation is 1. The second-order valence-corrected chi connectivity index (χ2v) is 14.3. The lowest BCUT2D eigenvalue weighted by atomic mass is 9.84. The van der Waals surface area contributed by atoms with Crippen LogP contribution < -0.4 is 9.64 Å². The standard InChI is InChI=1S/C36H37F3N4O2/c1-21-11-23-5-3-6-24(18-44)29(23)26(12-21)30-28(38)13-27-32(31(30)39)40-34(45-20-36-8-4-10-43(36)17-25(37)15-36)41-33(27)42-16-22-7-9-35(2,14-22)19-42/h3,5-6,11-13,18,22,25H,4,7-10,14-17,19-20H2,1-2H3/t22-,25+,35-,36-/m0/s1. The zero-order chi connectivity index (χ0) is 31.1. The van der Waals surface area contributed by atoms with Gasteiger partial charge in [0, 0.05) is 42.4 Å². The lowest BCUT2D eigenvalue weighted by Crippen LogP contribution is -2.44. The van der Waals surface area contributed by atoms with Gasteiger partial charge in [0.15, 0.2) is 12.1 Å². The maximum absolute atomic E-state index is 16.9. The number of alkyl halides is 1. The van der Waals surface area contributed by atoms with Gasteiger partial charge in [0.2, 0.25) is 0 Å². The lowest BCUT2D eigenvalue weighted by Gasteiger charge is -2.39. The molecule has 6 nitrogen and oxygen atoms in total. The number of hydrogen-bond acceptors (Lipinski definition) is 6. The van der Waals surface area contributed by atoms with Crippen LogP contribution in [0.25, 0.3) is 32.8 Å². The van der Waals surface area contributed by atoms with Crippen LogP contribution in [0.4, 0.5) is 19.0 Å². The Morgan fingerprint density at radius 1 is 1.11 bits per heavy atom. The highest BCUT2D eigenvalue weighted by Crippen LogP contribution is 2.48. The van der Waals surface area contributed by atoms with Crippen LogP contribution in [0.5, 0.6) is 6.01 Å². The fourth-order valence-electron chi connectivity index (χ4n) is 9.01. The summed E-state index contributed by atoms with van der Waals surface area (Å²) >= 11 is 0. The summed E-state index contributed by atoms with van der Waals surface area (Å²) in [6, 6.07) is 10.2. The molecule has 3 aromatic carbocycles. The number of piperidine rings is 1. The molecule has 0 N–H and O–H groups in total. The van der Waals surface area contributed by atoms with E-state index in [1.807, 2.05) is 19.1 Å². The SMILES string of the molecule is Cc1cc(-c2c(F)cc3c(N4C[C@H]5CC[C@@](C)(C5)C4)nc(OC[C@@]45CCCN4C[C@H](F)C5)nc3c2F)c2c(C=O)cccc2c1. The van der Waals surface area contributed by atoms with Gasteiger partial charge in [-0.2, -0.15) is 9.97 Å². The van der Waals surface area contributed by atoms with E-state index in [0.29, 0.717) is 52.9 Å². The highest BCUT2D eigenvalue weighted by atomic mass is 19.1. The molecule has 4 fully saturated rings. The van der Waals surface area contributed by atoms with Crippen molar-refractivity contribution in [1.29, 1.82) is 0 Å². The maximum atomic E-state index is 16.9. The van der Waals surface area contributed by atoms with Crippen molar-refractivity contribution >= 4 is 33.8 Å². The first-order chi connectivity index (χ1) is 21.6. The molecule has 0 radical (unpaired) electrons. The molecule has 0 unspecified atom stereocenters. The van der Waals surface area contributed by atoms with Crippen molar-refractivity contribution in [3.63, 3.8) is 0 Å². The Labute approximate surface area is 260 Å². The average molecular weight is 615 g/mol. The number of carbonyl (C=O) groups excluding carboxylic acids is 1. The third-order valence-electron chi connectivity index (χ3n) is 10.9. The summed E-state index contributed by atoms with van der Waals surface area (Å²) in [6.07, 6.45) is 5.35. The fourth-order valence-corrected chi connectivity index (χ4v) is 9.01. The molecule has 1 aliphatic carbocycles. The first-order valence-corrected chi connectivity index (χ1v) is 16.1. The van der Waals surface area contributed by atoms with Gasteiger partial charge in [-0.15, -0.1) is 0 Å². The Bertz CT molecular complexity index is 1870. The van der Waals surface area contributed by atoms with Gasteiger partial charge >= 0.3 is 6.01 Å². The van der Waals surface area contributed by atoms with Crippen molar-refractivity contribution in [2.45, 2.75) is 64.1 Å². The number of fused-ring (bicyclic) bond motifs is 5. The number of ether oxygens (including phenoxy) is 1. The monoisotopic (exact) mass is 614 g/mol. The summed E-state index contributed by atoms with van der Waals surface area (Å²) < 4.78 is 54.0. The van der Waals surface area contributed by atoms with Crippen molar-refractivity contribution in [2.24, 2.45) is 11.3 Å². The van der Waals surface area contributed by atoms with Crippen LogP contribution in [0.1, 0.15) is 61.4 Å². The number of nitrogens with zero attached hydrogens (tertiary/aromatic N) is 4. The van der Waals surface area contributed by atoms with Gasteiger partial charge < -0.3 is 9.64 Å². The molecule has 3 aliphatic heterocycles. The molecule has 45 heavy (non-hydrogen) atoms. The van der Waals surface area contributed by atoms with E-state index in [0.717, 1.165) is 62.7 Å². The third kappa shape index (κ3) is 4.68. The average Bonchev–Trinajstić information content (AvgIpc) is 3.63. The Morgan fingerprint density at radius 3 is 2.80 bits per heavy atom. The molecular formula is C36H37F3N4O2. The first kappa shape index (κ1) is 28.7. The van der Waals surface area contributed by atoms with E-state index in [-0.39, 0.29) is 29.1 Å². The van der Waals surface area contributed by atoms with E-state index >= 15 is 8.78 Å². The number of aldehydes is 1. The quantitative estimate of drug-likeness (QED) is 0.211. The Kier molecular flexibility index (Phi) is 6.64. The molecule has 4 atom stereocenters. The Balaban J connectivity index is 1.30. The molecule has 0 amide bonds. The second kappa shape index (κ2) is 10.4. The Morgan fingerprint density at radius 2 is 1.98 bits per heavy atom. The minimum atomic E-state index is -0.907. The lowest BCUT2D eigenvalue weighted by molar-refractivity contribution is 0.107. The summed E-state index contributed by atoms with van der Waals surface area (Å²) in [5, 5.41) is 1.51. The molecule has 234 valence electrons. The fraction of sp³-hybridized carbons (Fsp3) is 0.472. The van der Waals surface area contributed by atoms with Crippen LogP contribution >= 0.6 is 0 Å². The molecule has 9 heteroatoms. The van der Waals surface area contributed by atoms with Gasteiger partial charge in [-0.1, -0.05) is 37.3 Å². The van der Waals surface area contributed by atoms with Crippen molar-refractivity contribution in [2.75, 3.05) is 37.7 Å². The van der Waals surface area contributed by atoms with Gasteiger partial charge in [0.25, 0.3) is 0 Å². The van der Waals surface area contributed by atoms with E-state index in [1.54, 1.807) is 18.2 Å². The maximum Gasteiger partial charge on any atom is 0.319 e. The van der Waals surface area contributed by atoms with Gasteiger partial charge in [0.1, 0.15) is 29.9 Å². The van der Waals surface area contributed by atoms with E-state index in [9.17, 15) is 9.18 Å². The van der Waals surface area contributed by atoms with Crippen LogP contribution in [0.2, 0.25) is 0 Å². The summed E-state index contributed by atoms with van der Waals surface area (Å²) in [6.45, 7) is 7.04. The van der Waals surface area contributed by atoms with Crippen molar-refractivity contribution < 1.29 is 22.7 Å². The number of anilines is 1. The number of hydrogen-bond donors (Lipinski definition) is 0. The van der Waals surface area contributed by atoms with Crippen LogP contribution in [-0.2, 0) is 0 Å². The summed E-state index contributed by atoms with van der Waals surface area (Å²) in [5.74, 6) is -0.603. The number of halogens is 3. The number of rotatable bonds is 6. The molecule has 4 heterocycles. The van der Waals surface area contributed by atoms with Crippen molar-refractivity contribution in [1.82, 2.24) is 14.9 Å². The van der Waals surface area contributed by atoms with Crippen molar-refractivity contribution in [3.8, 4) is 17.1 Å². The third-order valence-corrected chi connectivity index (χ3v) is 10.9. The van der Waals surface area contributed by atoms with Crippen LogP contribution in [-0.4, -0.2) is 65.7 Å². The normalized spacial score (nSPS) is 27.9. The number of carbonyl (C=O) groups is 1. The molecule has 4 aliphatic rings. The van der Waals surface area contributed by atoms with Gasteiger partial charge in [-0.05, 0) is 79.5 Å². The van der Waals surface area contributed by atoms with E-state index in [2.05, 4.69) is 21.7 Å². The summed E-state index contributed by atoms with van der Waals surface area (Å²) in [5.41, 5.74) is 0.893. The molecular weight excluding hydrogens is 577 g/mol. The van der Waals surface area contributed by atoms with E-state index in [1.165, 1.54) is 6.07 Å². The smallest absolute Gasteiger partial charge is 0.319 e. The number of aromatic nitrogens is 2. The highest BCUT2D eigenvalue weighted by Gasteiger charge is 2.49. The topological polar surface area (TPSA) is 58.6 Å². The molecule has 4 aromatic rings. The molecule has 3 saturated heterocycles. The molecule has 1 saturated carbocycles. The van der Waals surface area contributed by atoms with Crippen LogP contribution in [0.15, 0.2) is 36.4 Å². The molecule has 8 rings (SSSR count). The predicted molar refractivity (Wildman–Crippen MR) is 169 cm³/mol. The van der Waals surface area contributed by atoms with Gasteiger partial charge in [-0.3, -0.25) is 9.69 Å². The molecule has 1 aromatic heterocycles. The minimum Gasteiger partial charge on any atom is -0.461 e. The zero-order valence-electron chi connectivity index (χ0n) is 25.7. The van der Waals surface area contributed by atoms with Gasteiger partial charge in [0.05, 0.1) is 11.1 Å². The van der Waals surface area contributed by atoms with E-state index < -0.39 is 23.3 Å². The van der Waals surface area contributed by atoms with Crippen LogP contribution in [0.3, 0.4) is 0 Å². The number of benzene rings is 3. The molecule has 2 bridgehead atoms. The second-order valence-electron chi connectivity index (χ2n) is 14.3. The minimum absolute atomic E-state index is 0.0169. The zero-order valence-corrected chi connectivity index (χ0v) is 25.7. The van der Waals surface area contributed by atoms with E-state index in [4.69, 9.17) is 9.72 Å². The Hall–Kier alpha value is -3.72. The van der Waals surface area contributed by atoms with Gasteiger partial charge in [-0.25, -0.2) is 13.2 Å². The largest absolute Gasteiger partial charge is 0.461 e. The van der Waals surface area contributed by atoms with Crippen molar-refractivity contribution in [3.05, 3.63) is 59.2 Å². The first-order valence-electron chi connectivity index (χ1n) is 16.1. The predicted octanol–water partition coefficient (Wildman–Crippen LogP) is 7.43.